The second-order valence-corrected chi connectivity index (χ2v) is 7.13. The molecule has 2 aliphatic rings. The lowest BCUT2D eigenvalue weighted by Gasteiger charge is -2.31. The Bertz CT molecular complexity index is 849. The lowest BCUT2D eigenvalue weighted by Crippen LogP contribution is -2.32. The SMILES string of the molecule is CCOC(=O)C1=C(C)NC(C)=C(C(=O)OCC)C1c1c(Br)ccc2c1OCO2. The molecule has 0 atom stereocenters. The molecule has 0 amide bonds. The van der Waals surface area contributed by atoms with E-state index in [2.05, 4.69) is 21.2 Å². The highest BCUT2D eigenvalue weighted by Gasteiger charge is 2.41. The predicted octanol–water partition coefficient (Wildman–Crippen LogP) is 3.54. The number of hydrogen-bond acceptors (Lipinski definition) is 7. The van der Waals surface area contributed by atoms with Gasteiger partial charge in [0.2, 0.25) is 6.79 Å². The van der Waals surface area contributed by atoms with Gasteiger partial charge in [0, 0.05) is 21.4 Å². The van der Waals surface area contributed by atoms with E-state index in [4.69, 9.17) is 18.9 Å². The molecule has 0 radical (unpaired) electrons. The number of esters is 2. The van der Waals surface area contributed by atoms with E-state index >= 15 is 0 Å². The third-order valence-electron chi connectivity index (χ3n) is 4.56. The van der Waals surface area contributed by atoms with Crippen molar-refractivity contribution in [3.8, 4) is 11.5 Å². The highest BCUT2D eigenvalue weighted by atomic mass is 79.9. The largest absolute Gasteiger partial charge is 0.463 e. The van der Waals surface area contributed by atoms with Gasteiger partial charge in [0.15, 0.2) is 11.5 Å². The number of dihydropyridines is 1. The minimum atomic E-state index is -0.731. The predicted molar refractivity (Wildman–Crippen MR) is 105 cm³/mol. The fourth-order valence-electron chi connectivity index (χ4n) is 3.48. The lowest BCUT2D eigenvalue weighted by molar-refractivity contribution is -0.139. The summed E-state index contributed by atoms with van der Waals surface area (Å²) < 4.78 is 22.5. The molecule has 7 nitrogen and oxygen atoms in total. The zero-order chi connectivity index (χ0) is 20.4. The minimum absolute atomic E-state index is 0.0681. The smallest absolute Gasteiger partial charge is 0.336 e. The van der Waals surface area contributed by atoms with Gasteiger partial charge >= 0.3 is 11.9 Å². The summed E-state index contributed by atoms with van der Waals surface area (Å²) in [7, 11) is 0. The van der Waals surface area contributed by atoms with E-state index in [1.54, 1.807) is 39.8 Å². The van der Waals surface area contributed by atoms with E-state index in [0.717, 1.165) is 0 Å². The van der Waals surface area contributed by atoms with Gasteiger partial charge in [0.05, 0.1) is 30.3 Å². The zero-order valence-corrected chi connectivity index (χ0v) is 17.8. The van der Waals surface area contributed by atoms with E-state index < -0.39 is 17.9 Å². The summed E-state index contributed by atoms with van der Waals surface area (Å²) in [6.07, 6.45) is 0. The van der Waals surface area contributed by atoms with Gasteiger partial charge in [0.25, 0.3) is 0 Å². The van der Waals surface area contributed by atoms with E-state index in [-0.39, 0.29) is 20.0 Å². The molecule has 0 aromatic heterocycles. The topological polar surface area (TPSA) is 83.1 Å². The van der Waals surface area contributed by atoms with Crippen LogP contribution >= 0.6 is 15.9 Å². The molecular formula is C20H22BrNO6. The Morgan fingerprint density at radius 3 is 2.18 bits per heavy atom. The van der Waals surface area contributed by atoms with E-state index in [1.807, 2.05) is 0 Å². The van der Waals surface area contributed by atoms with Crippen LogP contribution in [0.1, 0.15) is 39.2 Å². The van der Waals surface area contributed by atoms with Crippen LogP contribution in [0, 0.1) is 0 Å². The number of nitrogens with one attached hydrogen (secondary N) is 1. The number of ether oxygens (including phenoxy) is 4. The van der Waals surface area contributed by atoms with Crippen LogP contribution in [0.15, 0.2) is 39.1 Å². The van der Waals surface area contributed by atoms with E-state index in [1.165, 1.54) is 0 Å². The summed E-state index contributed by atoms with van der Waals surface area (Å²) in [5.41, 5.74) is 2.51. The summed E-state index contributed by atoms with van der Waals surface area (Å²) in [6.45, 7) is 7.52. The second kappa shape index (κ2) is 8.26. The van der Waals surface area contributed by atoms with Gasteiger partial charge in [0.1, 0.15) is 0 Å². The number of benzene rings is 1. The van der Waals surface area contributed by atoms with Crippen LogP contribution in [-0.2, 0) is 19.1 Å². The van der Waals surface area contributed by atoms with Crippen LogP contribution in [0.3, 0.4) is 0 Å². The van der Waals surface area contributed by atoms with Crippen LogP contribution in [0.5, 0.6) is 11.5 Å². The number of halogens is 1. The van der Waals surface area contributed by atoms with Crippen molar-refractivity contribution in [2.24, 2.45) is 0 Å². The van der Waals surface area contributed by atoms with Crippen molar-refractivity contribution >= 4 is 27.9 Å². The summed E-state index contributed by atoms with van der Waals surface area (Å²) in [5.74, 6) is -0.695. The first kappa shape index (κ1) is 20.3. The molecule has 28 heavy (non-hydrogen) atoms. The molecule has 2 heterocycles. The monoisotopic (exact) mass is 451 g/mol. The average molecular weight is 452 g/mol. The number of carbonyl (C=O) groups is 2. The van der Waals surface area contributed by atoms with Gasteiger partial charge in [-0.15, -0.1) is 0 Å². The standard InChI is InChI=1S/C20H22BrNO6/c1-5-25-19(23)14-10(3)22-11(4)15(20(24)26-6-2)17(14)16-12(21)7-8-13-18(16)28-9-27-13/h7-8,17,22H,5-6,9H2,1-4H3. The summed E-state index contributed by atoms with van der Waals surface area (Å²) >= 11 is 3.55. The zero-order valence-electron chi connectivity index (χ0n) is 16.2. The molecule has 0 bridgehead atoms. The number of fused-ring (bicyclic) bond motifs is 1. The summed E-state index contributed by atoms with van der Waals surface area (Å²) in [5, 5.41) is 3.12. The van der Waals surface area contributed by atoms with Crippen molar-refractivity contribution in [2.75, 3.05) is 20.0 Å². The van der Waals surface area contributed by atoms with Crippen molar-refractivity contribution < 1.29 is 28.5 Å². The molecule has 150 valence electrons. The molecule has 1 aromatic rings. The van der Waals surface area contributed by atoms with Gasteiger partial charge in [-0.2, -0.15) is 0 Å². The van der Waals surface area contributed by atoms with Gasteiger partial charge in [-0.3, -0.25) is 0 Å². The molecule has 1 aromatic carbocycles. The average Bonchev–Trinajstić information content (AvgIpc) is 3.10. The molecule has 0 spiro atoms. The number of hydrogen-bond donors (Lipinski definition) is 1. The Labute approximate surface area is 171 Å². The Kier molecular flexibility index (Phi) is 5.98. The van der Waals surface area contributed by atoms with Crippen molar-refractivity contribution in [1.29, 1.82) is 0 Å². The molecule has 8 heteroatoms. The summed E-state index contributed by atoms with van der Waals surface area (Å²) in [6, 6.07) is 3.58. The highest BCUT2D eigenvalue weighted by molar-refractivity contribution is 9.10. The Morgan fingerprint density at radius 1 is 1.07 bits per heavy atom. The van der Waals surface area contributed by atoms with Gasteiger partial charge < -0.3 is 24.3 Å². The van der Waals surface area contributed by atoms with Crippen LogP contribution in [0.4, 0.5) is 0 Å². The van der Waals surface area contributed by atoms with Crippen LogP contribution < -0.4 is 14.8 Å². The molecule has 0 fully saturated rings. The van der Waals surface area contributed by atoms with Crippen molar-refractivity contribution in [2.45, 2.75) is 33.6 Å². The molecule has 3 rings (SSSR count). The lowest BCUT2D eigenvalue weighted by atomic mass is 9.80. The Balaban J connectivity index is 2.26. The maximum Gasteiger partial charge on any atom is 0.336 e. The molecule has 2 aliphatic heterocycles. The van der Waals surface area contributed by atoms with Crippen molar-refractivity contribution in [1.82, 2.24) is 5.32 Å². The molecule has 0 unspecified atom stereocenters. The van der Waals surface area contributed by atoms with Gasteiger partial charge in [-0.05, 0) is 39.8 Å². The van der Waals surface area contributed by atoms with Crippen molar-refractivity contribution in [3.05, 3.63) is 44.7 Å². The maximum atomic E-state index is 12.9. The third kappa shape index (κ3) is 3.48. The third-order valence-corrected chi connectivity index (χ3v) is 5.26. The van der Waals surface area contributed by atoms with Crippen LogP contribution in [0.25, 0.3) is 0 Å². The fourth-order valence-corrected chi connectivity index (χ4v) is 4.02. The maximum absolute atomic E-state index is 12.9. The normalized spacial score (nSPS) is 16.2. The molecule has 1 N–H and O–H groups in total. The Morgan fingerprint density at radius 2 is 1.64 bits per heavy atom. The van der Waals surface area contributed by atoms with E-state index in [9.17, 15) is 9.59 Å². The van der Waals surface area contributed by atoms with Gasteiger partial charge in [-0.25, -0.2) is 9.59 Å². The second-order valence-electron chi connectivity index (χ2n) is 6.27. The van der Waals surface area contributed by atoms with Crippen LogP contribution in [0.2, 0.25) is 0 Å². The molecular weight excluding hydrogens is 430 g/mol. The Hall–Kier alpha value is -2.48. The van der Waals surface area contributed by atoms with Crippen molar-refractivity contribution in [3.63, 3.8) is 0 Å². The van der Waals surface area contributed by atoms with E-state index in [0.29, 0.717) is 44.1 Å². The fraction of sp³-hybridized carbons (Fsp3) is 0.400. The molecule has 0 saturated heterocycles. The first-order valence-electron chi connectivity index (χ1n) is 9.01. The summed E-state index contributed by atoms with van der Waals surface area (Å²) in [4.78, 5) is 25.7. The first-order chi connectivity index (χ1) is 13.4. The number of allylic oxidation sites excluding steroid dienone is 2. The first-order valence-corrected chi connectivity index (χ1v) is 9.80. The molecule has 0 aliphatic carbocycles. The quantitative estimate of drug-likeness (QED) is 0.685. The van der Waals surface area contributed by atoms with Crippen LogP contribution in [-0.4, -0.2) is 31.9 Å². The number of rotatable bonds is 5. The minimum Gasteiger partial charge on any atom is -0.463 e. The molecule has 0 saturated carbocycles. The number of carbonyl (C=O) groups excluding carboxylic acids is 2. The highest BCUT2D eigenvalue weighted by Crippen LogP contribution is 2.50. The van der Waals surface area contributed by atoms with Gasteiger partial charge in [-0.1, -0.05) is 15.9 Å².